The zero-order chi connectivity index (χ0) is 16.3. The molecule has 1 N–H and O–H groups in total. The topological polar surface area (TPSA) is 42.0 Å². The normalized spacial score (nSPS) is 11.3. The lowest BCUT2D eigenvalue weighted by atomic mass is 10.3. The highest BCUT2D eigenvalue weighted by molar-refractivity contribution is 7.98. The number of aromatic nitrogens is 1. The van der Waals surface area contributed by atoms with Crippen LogP contribution in [0.4, 0.5) is 0 Å². The van der Waals surface area contributed by atoms with E-state index in [1.165, 1.54) is 11.9 Å². The van der Waals surface area contributed by atoms with Crippen molar-refractivity contribution >= 4 is 54.3 Å². The summed E-state index contributed by atoms with van der Waals surface area (Å²) < 4.78 is 2.78. The van der Waals surface area contributed by atoms with E-state index in [2.05, 4.69) is 29.3 Å². The van der Waals surface area contributed by atoms with Gasteiger partial charge in [0.2, 0.25) is 0 Å². The average Bonchev–Trinajstić information content (AvgIpc) is 2.44. The number of amides is 1. The molecule has 0 aliphatic heterocycles. The molecule has 116 valence electrons. The molecule has 2 aromatic rings. The summed E-state index contributed by atoms with van der Waals surface area (Å²) in [6.07, 6.45) is 0. The van der Waals surface area contributed by atoms with E-state index in [9.17, 15) is 4.79 Å². The maximum absolute atomic E-state index is 12.3. The Labute approximate surface area is 145 Å². The van der Waals surface area contributed by atoms with E-state index in [-0.39, 0.29) is 11.1 Å². The number of nitrogens with one attached hydrogen (secondary N) is 1. The summed E-state index contributed by atoms with van der Waals surface area (Å²) in [6.45, 7) is 6.43. The summed E-state index contributed by atoms with van der Waals surface area (Å²) in [5.74, 6) is -0.275. The Balaban J connectivity index is 2.22. The molecule has 1 heterocycles. The molecule has 0 saturated heterocycles. The SMILES string of the molecule is C[Si](C)(C)c1cc(C(=O)NSc2ccccc2)c(Cl)nc1Cl. The minimum atomic E-state index is -1.70. The quantitative estimate of drug-likeness (QED) is 0.493. The Hall–Kier alpha value is -1.01. The summed E-state index contributed by atoms with van der Waals surface area (Å²) in [4.78, 5) is 17.4. The van der Waals surface area contributed by atoms with E-state index in [1.807, 2.05) is 30.3 Å². The van der Waals surface area contributed by atoms with Crippen molar-refractivity contribution in [3.05, 3.63) is 52.3 Å². The maximum atomic E-state index is 12.3. The fraction of sp³-hybridized carbons (Fsp3) is 0.200. The lowest BCUT2D eigenvalue weighted by Crippen LogP contribution is -2.40. The van der Waals surface area contributed by atoms with Gasteiger partial charge < -0.3 is 0 Å². The van der Waals surface area contributed by atoms with Crippen molar-refractivity contribution in [3.8, 4) is 0 Å². The lowest BCUT2D eigenvalue weighted by Gasteiger charge is -2.19. The van der Waals surface area contributed by atoms with E-state index in [4.69, 9.17) is 23.2 Å². The van der Waals surface area contributed by atoms with Gasteiger partial charge in [-0.2, -0.15) is 0 Å². The molecular formula is C15H16Cl2N2OSSi. The minimum absolute atomic E-state index is 0.123. The molecule has 1 aromatic carbocycles. The fourth-order valence-electron chi connectivity index (χ4n) is 1.80. The Morgan fingerprint density at radius 3 is 2.36 bits per heavy atom. The van der Waals surface area contributed by atoms with Crippen LogP contribution < -0.4 is 9.91 Å². The van der Waals surface area contributed by atoms with Gasteiger partial charge in [0, 0.05) is 4.90 Å². The summed E-state index contributed by atoms with van der Waals surface area (Å²) in [5.41, 5.74) is 0.354. The third-order valence-electron chi connectivity index (χ3n) is 2.99. The zero-order valence-electron chi connectivity index (χ0n) is 12.5. The smallest absolute Gasteiger partial charge is 0.264 e. The van der Waals surface area contributed by atoms with Gasteiger partial charge in [-0.05, 0) is 35.3 Å². The average molecular weight is 371 g/mol. The van der Waals surface area contributed by atoms with Gasteiger partial charge in [-0.25, -0.2) is 4.98 Å². The number of carbonyl (C=O) groups is 1. The highest BCUT2D eigenvalue weighted by atomic mass is 35.5. The molecule has 1 aromatic heterocycles. The Morgan fingerprint density at radius 1 is 1.14 bits per heavy atom. The fourth-order valence-corrected chi connectivity index (χ4v) is 4.93. The van der Waals surface area contributed by atoms with Gasteiger partial charge in [0.25, 0.3) is 5.91 Å². The molecule has 3 nitrogen and oxygen atoms in total. The van der Waals surface area contributed by atoms with Crippen LogP contribution in [0, 0.1) is 0 Å². The highest BCUT2D eigenvalue weighted by Gasteiger charge is 2.24. The van der Waals surface area contributed by atoms with E-state index >= 15 is 0 Å². The van der Waals surface area contributed by atoms with Crippen LogP contribution in [0.2, 0.25) is 29.9 Å². The Kier molecular flexibility index (Phi) is 5.55. The van der Waals surface area contributed by atoms with Crippen LogP contribution in [0.15, 0.2) is 41.3 Å². The number of pyridine rings is 1. The standard InChI is InChI=1S/C15H16Cl2N2OSSi/c1-22(2,3)12-9-11(13(16)18-14(12)17)15(20)19-21-10-7-5-4-6-8-10/h4-9H,1-3H3,(H,19,20). The van der Waals surface area contributed by atoms with Crippen molar-refractivity contribution in [1.82, 2.24) is 9.71 Å². The first-order chi connectivity index (χ1) is 10.3. The van der Waals surface area contributed by atoms with E-state index < -0.39 is 8.07 Å². The van der Waals surface area contributed by atoms with Crippen molar-refractivity contribution in [2.24, 2.45) is 0 Å². The van der Waals surface area contributed by atoms with Gasteiger partial charge in [-0.3, -0.25) is 9.52 Å². The largest absolute Gasteiger partial charge is 0.292 e. The van der Waals surface area contributed by atoms with E-state index in [0.29, 0.717) is 10.7 Å². The van der Waals surface area contributed by atoms with Crippen LogP contribution in [0.5, 0.6) is 0 Å². The monoisotopic (exact) mass is 370 g/mol. The van der Waals surface area contributed by atoms with Crippen molar-refractivity contribution in [3.63, 3.8) is 0 Å². The van der Waals surface area contributed by atoms with Gasteiger partial charge in [0.05, 0.1) is 13.6 Å². The zero-order valence-corrected chi connectivity index (χ0v) is 15.8. The predicted octanol–water partition coefficient (Wildman–Crippen LogP) is 4.37. The number of carbonyl (C=O) groups excluding carboxylic acids is 1. The second kappa shape index (κ2) is 7.04. The number of nitrogens with zero attached hydrogens (tertiary/aromatic N) is 1. The lowest BCUT2D eigenvalue weighted by molar-refractivity contribution is 0.0984. The number of benzene rings is 1. The minimum Gasteiger partial charge on any atom is -0.292 e. The number of hydrogen-bond donors (Lipinski definition) is 1. The molecular weight excluding hydrogens is 355 g/mol. The molecule has 0 spiro atoms. The molecule has 0 radical (unpaired) electrons. The second-order valence-corrected chi connectivity index (χ2v) is 12.4. The van der Waals surface area contributed by atoms with Crippen molar-refractivity contribution < 1.29 is 4.79 Å². The first-order valence-corrected chi connectivity index (χ1v) is 11.7. The van der Waals surface area contributed by atoms with Gasteiger partial charge in [-0.1, -0.05) is 61.0 Å². The molecule has 1 amide bonds. The van der Waals surface area contributed by atoms with E-state index in [1.54, 1.807) is 6.07 Å². The van der Waals surface area contributed by atoms with E-state index in [0.717, 1.165) is 10.1 Å². The summed E-state index contributed by atoms with van der Waals surface area (Å²) in [7, 11) is -1.70. The second-order valence-electron chi connectivity index (χ2n) is 5.76. The molecule has 0 unspecified atom stereocenters. The molecule has 22 heavy (non-hydrogen) atoms. The van der Waals surface area contributed by atoms with Crippen molar-refractivity contribution in [2.75, 3.05) is 0 Å². The number of halogens is 2. The predicted molar refractivity (Wildman–Crippen MR) is 97.0 cm³/mol. The Morgan fingerprint density at radius 2 is 1.77 bits per heavy atom. The molecule has 0 atom stereocenters. The van der Waals surface area contributed by atoms with Gasteiger partial charge in [0.1, 0.15) is 10.3 Å². The van der Waals surface area contributed by atoms with Crippen molar-refractivity contribution in [1.29, 1.82) is 0 Å². The molecule has 0 aliphatic rings. The van der Waals surface area contributed by atoms with Crippen LogP contribution in [-0.4, -0.2) is 19.0 Å². The third kappa shape index (κ3) is 4.26. The number of rotatable bonds is 4. The molecule has 7 heteroatoms. The molecule has 2 rings (SSSR count). The van der Waals surface area contributed by atoms with Crippen molar-refractivity contribution in [2.45, 2.75) is 24.5 Å². The Bertz CT molecular complexity index is 690. The van der Waals surface area contributed by atoms with Gasteiger partial charge in [0.15, 0.2) is 0 Å². The van der Waals surface area contributed by atoms with Gasteiger partial charge in [-0.15, -0.1) is 0 Å². The maximum Gasteiger partial charge on any atom is 0.264 e. The summed E-state index contributed by atoms with van der Waals surface area (Å²) in [5, 5.41) is 1.43. The molecule has 0 fully saturated rings. The molecule has 0 saturated carbocycles. The molecule has 0 aliphatic carbocycles. The first kappa shape index (κ1) is 17.3. The van der Waals surface area contributed by atoms with Crippen LogP contribution in [0.1, 0.15) is 10.4 Å². The van der Waals surface area contributed by atoms with Crippen LogP contribution in [0.3, 0.4) is 0 Å². The molecule has 0 bridgehead atoms. The third-order valence-corrected chi connectivity index (χ3v) is 6.51. The van der Waals surface area contributed by atoms with Crippen LogP contribution in [-0.2, 0) is 0 Å². The van der Waals surface area contributed by atoms with Crippen LogP contribution >= 0.6 is 35.1 Å². The van der Waals surface area contributed by atoms with Crippen LogP contribution in [0.25, 0.3) is 0 Å². The summed E-state index contributed by atoms with van der Waals surface area (Å²) >= 11 is 13.5. The first-order valence-electron chi connectivity index (χ1n) is 6.68. The number of hydrogen-bond acceptors (Lipinski definition) is 3. The highest BCUT2D eigenvalue weighted by Crippen LogP contribution is 2.20. The van der Waals surface area contributed by atoms with Gasteiger partial charge >= 0.3 is 0 Å². The summed E-state index contributed by atoms with van der Waals surface area (Å²) in [6, 6.07) is 11.3.